The van der Waals surface area contributed by atoms with Crippen molar-refractivity contribution in [2.75, 3.05) is 13.2 Å². The zero-order valence-corrected chi connectivity index (χ0v) is 14.3. The summed E-state index contributed by atoms with van der Waals surface area (Å²) in [4.78, 5) is 0. The Morgan fingerprint density at radius 1 is 1.24 bits per heavy atom. The van der Waals surface area contributed by atoms with Crippen LogP contribution in [0.3, 0.4) is 0 Å². The fourth-order valence-corrected chi connectivity index (χ4v) is 3.30. The first-order valence-electron chi connectivity index (χ1n) is 8.50. The number of nitrogens with one attached hydrogen (secondary N) is 1. The van der Waals surface area contributed by atoms with Crippen molar-refractivity contribution in [3.8, 4) is 5.75 Å². The molecule has 2 rings (SSSR count). The largest absolute Gasteiger partial charge is 0.492 e. The number of benzene rings is 1. The van der Waals surface area contributed by atoms with Crippen molar-refractivity contribution in [2.24, 2.45) is 5.92 Å². The van der Waals surface area contributed by atoms with Crippen molar-refractivity contribution in [3.05, 3.63) is 29.3 Å². The molecular formula is C19H31NO. The van der Waals surface area contributed by atoms with Crippen LogP contribution in [0.1, 0.15) is 71.0 Å². The van der Waals surface area contributed by atoms with E-state index in [2.05, 4.69) is 58.1 Å². The van der Waals surface area contributed by atoms with Gasteiger partial charge in [0, 0.05) is 17.0 Å². The SMILES string of the molecule is CCCNC(c1ccc2c(c1)C(C)(C)CO2)C(C)CCC. The van der Waals surface area contributed by atoms with E-state index in [9.17, 15) is 0 Å². The topological polar surface area (TPSA) is 21.3 Å². The summed E-state index contributed by atoms with van der Waals surface area (Å²) < 4.78 is 5.82. The van der Waals surface area contributed by atoms with Crippen LogP contribution in [0.4, 0.5) is 0 Å². The minimum absolute atomic E-state index is 0.134. The molecule has 1 aromatic rings. The minimum Gasteiger partial charge on any atom is -0.492 e. The van der Waals surface area contributed by atoms with Gasteiger partial charge in [-0.2, -0.15) is 0 Å². The summed E-state index contributed by atoms with van der Waals surface area (Å²) in [5.74, 6) is 1.73. The molecule has 1 aromatic carbocycles. The molecular weight excluding hydrogens is 258 g/mol. The van der Waals surface area contributed by atoms with Crippen molar-refractivity contribution < 1.29 is 4.74 Å². The predicted octanol–water partition coefficient (Wildman–Crippen LogP) is 4.83. The van der Waals surface area contributed by atoms with Crippen LogP contribution in [0, 0.1) is 5.92 Å². The molecule has 0 aliphatic carbocycles. The van der Waals surface area contributed by atoms with Gasteiger partial charge in [0.25, 0.3) is 0 Å². The molecule has 1 aliphatic rings. The van der Waals surface area contributed by atoms with Gasteiger partial charge in [0.05, 0.1) is 6.61 Å². The Hall–Kier alpha value is -1.02. The Bertz CT molecular complexity index is 467. The molecule has 21 heavy (non-hydrogen) atoms. The third-order valence-corrected chi connectivity index (χ3v) is 4.61. The first kappa shape index (κ1) is 16.4. The van der Waals surface area contributed by atoms with Crippen LogP contribution in [0.5, 0.6) is 5.75 Å². The van der Waals surface area contributed by atoms with Crippen LogP contribution in [0.2, 0.25) is 0 Å². The quantitative estimate of drug-likeness (QED) is 0.776. The van der Waals surface area contributed by atoms with Gasteiger partial charge in [-0.15, -0.1) is 0 Å². The van der Waals surface area contributed by atoms with Gasteiger partial charge < -0.3 is 10.1 Å². The van der Waals surface area contributed by atoms with E-state index in [1.165, 1.54) is 30.4 Å². The summed E-state index contributed by atoms with van der Waals surface area (Å²) in [5.41, 5.74) is 2.92. The lowest BCUT2D eigenvalue weighted by Crippen LogP contribution is -2.28. The van der Waals surface area contributed by atoms with Crippen LogP contribution < -0.4 is 10.1 Å². The lowest BCUT2D eigenvalue weighted by Gasteiger charge is -2.27. The summed E-state index contributed by atoms with van der Waals surface area (Å²) in [5, 5.41) is 3.75. The van der Waals surface area contributed by atoms with E-state index in [1.807, 2.05) is 0 Å². The molecule has 0 aromatic heterocycles. The second-order valence-corrected chi connectivity index (χ2v) is 7.13. The van der Waals surface area contributed by atoms with Gasteiger partial charge in [-0.1, -0.05) is 47.1 Å². The molecule has 0 saturated heterocycles. The van der Waals surface area contributed by atoms with Gasteiger partial charge in [0.15, 0.2) is 0 Å². The molecule has 0 fully saturated rings. The molecule has 0 radical (unpaired) electrons. The number of ether oxygens (including phenoxy) is 1. The van der Waals surface area contributed by atoms with Crippen LogP contribution in [0.15, 0.2) is 18.2 Å². The van der Waals surface area contributed by atoms with Crippen molar-refractivity contribution in [1.29, 1.82) is 0 Å². The lowest BCUT2D eigenvalue weighted by molar-refractivity contribution is 0.291. The first-order chi connectivity index (χ1) is 9.99. The van der Waals surface area contributed by atoms with E-state index >= 15 is 0 Å². The molecule has 2 heteroatoms. The molecule has 1 aliphatic heterocycles. The monoisotopic (exact) mass is 289 g/mol. The Labute approximate surface area is 130 Å². The van der Waals surface area contributed by atoms with Gasteiger partial charge in [-0.3, -0.25) is 0 Å². The average molecular weight is 289 g/mol. The summed E-state index contributed by atoms with van der Waals surface area (Å²) in [6, 6.07) is 7.24. The number of hydrogen-bond donors (Lipinski definition) is 1. The number of fused-ring (bicyclic) bond motifs is 1. The maximum atomic E-state index is 5.82. The van der Waals surface area contributed by atoms with Crippen LogP contribution in [-0.2, 0) is 5.41 Å². The summed E-state index contributed by atoms with van der Waals surface area (Å²) in [7, 11) is 0. The highest BCUT2D eigenvalue weighted by atomic mass is 16.5. The van der Waals surface area contributed by atoms with Crippen molar-refractivity contribution in [1.82, 2.24) is 5.32 Å². The Morgan fingerprint density at radius 2 is 2.00 bits per heavy atom. The summed E-state index contributed by atoms with van der Waals surface area (Å²) in [6.07, 6.45) is 3.68. The second-order valence-electron chi connectivity index (χ2n) is 7.13. The van der Waals surface area contributed by atoms with E-state index < -0.39 is 0 Å². The third-order valence-electron chi connectivity index (χ3n) is 4.61. The Morgan fingerprint density at radius 3 is 2.67 bits per heavy atom. The van der Waals surface area contributed by atoms with Crippen LogP contribution >= 0.6 is 0 Å². The zero-order chi connectivity index (χ0) is 15.5. The van der Waals surface area contributed by atoms with Crippen LogP contribution in [-0.4, -0.2) is 13.2 Å². The Balaban J connectivity index is 2.28. The molecule has 0 spiro atoms. The molecule has 2 unspecified atom stereocenters. The molecule has 118 valence electrons. The van der Waals surface area contributed by atoms with Gasteiger partial charge in [0.1, 0.15) is 5.75 Å². The first-order valence-corrected chi connectivity index (χ1v) is 8.50. The van der Waals surface area contributed by atoms with E-state index in [0.717, 1.165) is 18.9 Å². The maximum absolute atomic E-state index is 5.82. The van der Waals surface area contributed by atoms with Crippen molar-refractivity contribution in [3.63, 3.8) is 0 Å². The number of rotatable bonds is 7. The Kier molecular flexibility index (Phi) is 5.32. The van der Waals surface area contributed by atoms with Gasteiger partial charge in [-0.25, -0.2) is 0 Å². The lowest BCUT2D eigenvalue weighted by atomic mass is 9.83. The summed E-state index contributed by atoms with van der Waals surface area (Å²) in [6.45, 7) is 13.3. The highest BCUT2D eigenvalue weighted by Crippen LogP contribution is 2.40. The maximum Gasteiger partial charge on any atom is 0.123 e. The molecule has 1 N–H and O–H groups in total. The smallest absolute Gasteiger partial charge is 0.123 e. The molecule has 0 saturated carbocycles. The van der Waals surface area contributed by atoms with Gasteiger partial charge in [0.2, 0.25) is 0 Å². The standard InChI is InChI=1S/C19H31NO/c1-6-8-14(3)18(20-11-7-2)15-9-10-17-16(12-15)19(4,5)13-21-17/h9-10,12,14,18,20H,6-8,11,13H2,1-5H3. The van der Waals surface area contributed by atoms with Crippen LogP contribution in [0.25, 0.3) is 0 Å². The van der Waals surface area contributed by atoms with Crippen molar-refractivity contribution in [2.45, 2.75) is 65.3 Å². The molecule has 0 amide bonds. The average Bonchev–Trinajstić information content (AvgIpc) is 2.75. The normalized spacial score (nSPS) is 18.9. The van der Waals surface area contributed by atoms with Crippen molar-refractivity contribution >= 4 is 0 Å². The molecule has 2 nitrogen and oxygen atoms in total. The molecule has 0 bridgehead atoms. The molecule has 2 atom stereocenters. The second kappa shape index (κ2) is 6.83. The minimum atomic E-state index is 0.134. The van der Waals surface area contributed by atoms with E-state index in [-0.39, 0.29) is 5.41 Å². The van der Waals surface area contributed by atoms with E-state index in [1.54, 1.807) is 0 Å². The van der Waals surface area contributed by atoms with Gasteiger partial charge >= 0.3 is 0 Å². The summed E-state index contributed by atoms with van der Waals surface area (Å²) >= 11 is 0. The van der Waals surface area contributed by atoms with E-state index in [4.69, 9.17) is 4.74 Å². The molecule has 1 heterocycles. The van der Waals surface area contributed by atoms with Gasteiger partial charge in [-0.05, 0) is 43.0 Å². The highest BCUT2D eigenvalue weighted by molar-refractivity contribution is 5.46. The number of hydrogen-bond acceptors (Lipinski definition) is 2. The fraction of sp³-hybridized carbons (Fsp3) is 0.684. The predicted molar refractivity (Wildman–Crippen MR) is 90.1 cm³/mol. The zero-order valence-electron chi connectivity index (χ0n) is 14.3. The third kappa shape index (κ3) is 3.60. The highest BCUT2D eigenvalue weighted by Gasteiger charge is 2.32. The fourth-order valence-electron chi connectivity index (χ4n) is 3.30. The van der Waals surface area contributed by atoms with E-state index in [0.29, 0.717) is 12.0 Å².